The zero-order valence-corrected chi connectivity index (χ0v) is 14.3. The zero-order chi connectivity index (χ0) is 17.7. The summed E-state index contributed by atoms with van der Waals surface area (Å²) in [4.78, 5) is 37.1. The Morgan fingerprint density at radius 3 is 2.29 bits per heavy atom. The molecule has 0 aliphatic heterocycles. The Kier molecular flexibility index (Phi) is 5.70. The Morgan fingerprint density at radius 1 is 1.04 bits per heavy atom. The van der Waals surface area contributed by atoms with Gasteiger partial charge >= 0.3 is 6.03 Å². The minimum absolute atomic E-state index is 0.0313. The average molecular weight is 345 g/mol. The van der Waals surface area contributed by atoms with E-state index in [1.165, 1.54) is 0 Å². The molecule has 6 nitrogen and oxygen atoms in total. The van der Waals surface area contributed by atoms with Gasteiger partial charge in [-0.25, -0.2) is 4.79 Å². The van der Waals surface area contributed by atoms with E-state index in [1.807, 2.05) is 19.9 Å². The van der Waals surface area contributed by atoms with Gasteiger partial charge in [-0.05, 0) is 38.1 Å². The Hall–Kier alpha value is -2.67. The van der Waals surface area contributed by atoms with Crippen molar-refractivity contribution in [3.8, 4) is 0 Å². The smallest absolute Gasteiger partial charge is 0.316 e. The van der Waals surface area contributed by atoms with Gasteiger partial charge in [0.1, 0.15) is 0 Å². The summed E-state index contributed by atoms with van der Waals surface area (Å²) in [5.41, 5.74) is 6.76. The first-order chi connectivity index (χ1) is 11.3. The molecule has 0 spiro atoms. The van der Waals surface area contributed by atoms with Crippen LogP contribution in [0.25, 0.3) is 0 Å². The van der Waals surface area contributed by atoms with Gasteiger partial charge in [0.2, 0.25) is 5.91 Å². The summed E-state index contributed by atoms with van der Waals surface area (Å²) >= 11 is 1.57. The van der Waals surface area contributed by atoms with Crippen LogP contribution >= 0.6 is 11.3 Å². The Balaban J connectivity index is 1.90. The van der Waals surface area contributed by atoms with Crippen molar-refractivity contribution < 1.29 is 14.4 Å². The molecular formula is C17H19N3O3S. The third-order valence-electron chi connectivity index (χ3n) is 3.33. The largest absolute Gasteiger partial charge is 0.351 e. The fourth-order valence-corrected chi connectivity index (χ4v) is 3.25. The highest BCUT2D eigenvalue weighted by Crippen LogP contribution is 2.22. The summed E-state index contributed by atoms with van der Waals surface area (Å²) in [5, 5.41) is 5.13. The first-order valence-electron chi connectivity index (χ1n) is 7.42. The van der Waals surface area contributed by atoms with E-state index in [1.54, 1.807) is 35.6 Å². The highest BCUT2D eigenvalue weighted by Gasteiger charge is 2.14. The van der Waals surface area contributed by atoms with Crippen LogP contribution in [0.3, 0.4) is 0 Å². The monoisotopic (exact) mass is 345 g/mol. The highest BCUT2D eigenvalue weighted by molar-refractivity contribution is 7.12. The second-order valence-corrected chi connectivity index (χ2v) is 6.83. The lowest BCUT2D eigenvalue weighted by molar-refractivity contribution is -0.116. The first-order valence-corrected chi connectivity index (χ1v) is 8.23. The number of nitrogens with two attached hydrogens (primary N) is 1. The van der Waals surface area contributed by atoms with Gasteiger partial charge in [-0.1, -0.05) is 6.07 Å². The summed E-state index contributed by atoms with van der Waals surface area (Å²) in [6.45, 7) is 3.86. The number of urea groups is 1. The van der Waals surface area contributed by atoms with Gasteiger partial charge in [-0.3, -0.25) is 9.59 Å². The van der Waals surface area contributed by atoms with Crippen molar-refractivity contribution in [3.05, 3.63) is 45.6 Å². The molecule has 3 amide bonds. The van der Waals surface area contributed by atoms with Crippen molar-refractivity contribution in [1.82, 2.24) is 0 Å². The van der Waals surface area contributed by atoms with Crippen molar-refractivity contribution in [2.45, 2.75) is 26.7 Å². The normalized spacial score (nSPS) is 10.2. The van der Waals surface area contributed by atoms with E-state index in [-0.39, 0.29) is 24.5 Å². The van der Waals surface area contributed by atoms with Crippen molar-refractivity contribution in [2.75, 3.05) is 10.6 Å². The Labute approximate surface area is 144 Å². The minimum Gasteiger partial charge on any atom is -0.351 e. The van der Waals surface area contributed by atoms with Crippen molar-refractivity contribution in [3.63, 3.8) is 0 Å². The van der Waals surface area contributed by atoms with Crippen LogP contribution in [0.1, 0.15) is 33.0 Å². The van der Waals surface area contributed by atoms with E-state index < -0.39 is 6.03 Å². The fraction of sp³-hybridized carbons (Fsp3) is 0.235. The van der Waals surface area contributed by atoms with Crippen molar-refractivity contribution in [2.24, 2.45) is 5.73 Å². The highest BCUT2D eigenvalue weighted by atomic mass is 32.1. The lowest BCUT2D eigenvalue weighted by Crippen LogP contribution is -2.19. The van der Waals surface area contributed by atoms with Gasteiger partial charge < -0.3 is 16.4 Å². The van der Waals surface area contributed by atoms with E-state index in [9.17, 15) is 14.4 Å². The van der Waals surface area contributed by atoms with Crippen molar-refractivity contribution >= 4 is 40.4 Å². The molecule has 0 fully saturated rings. The van der Waals surface area contributed by atoms with Crippen LogP contribution in [0, 0.1) is 13.8 Å². The number of amides is 3. The summed E-state index contributed by atoms with van der Waals surface area (Å²) in [6, 6.07) is 7.81. The number of aryl methyl sites for hydroxylation is 2. The van der Waals surface area contributed by atoms with Crippen molar-refractivity contribution in [1.29, 1.82) is 0 Å². The predicted molar refractivity (Wildman–Crippen MR) is 95.6 cm³/mol. The number of hydrogen-bond donors (Lipinski definition) is 3. The van der Waals surface area contributed by atoms with E-state index in [0.29, 0.717) is 16.9 Å². The molecule has 2 aromatic rings. The molecule has 126 valence electrons. The standard InChI is InChI=1S/C17H19N3O3S/c1-10-8-14(11(2)24-10)15(21)6-7-16(22)19-12-4-3-5-13(9-12)20-17(18)23/h3-5,8-9H,6-7H2,1-2H3,(H,19,22)(H3,18,20,23). The number of nitrogens with one attached hydrogen (secondary N) is 2. The molecule has 0 aliphatic rings. The van der Waals surface area contributed by atoms with Gasteiger partial charge in [0.15, 0.2) is 5.78 Å². The second-order valence-electron chi connectivity index (χ2n) is 5.37. The van der Waals surface area contributed by atoms with Gasteiger partial charge in [0.05, 0.1) is 0 Å². The molecule has 0 saturated heterocycles. The quantitative estimate of drug-likeness (QED) is 0.699. The molecule has 24 heavy (non-hydrogen) atoms. The molecule has 0 atom stereocenters. The minimum atomic E-state index is -0.675. The number of benzene rings is 1. The number of Topliss-reactive ketones (excluding diaryl/α,β-unsaturated/α-hetero) is 1. The van der Waals surface area contributed by atoms with Gasteiger partial charge in [-0.2, -0.15) is 0 Å². The molecule has 1 heterocycles. The number of rotatable bonds is 6. The summed E-state index contributed by atoms with van der Waals surface area (Å²) < 4.78 is 0. The molecule has 0 bridgehead atoms. The Morgan fingerprint density at radius 2 is 1.71 bits per heavy atom. The number of primary amides is 1. The summed E-state index contributed by atoms with van der Waals surface area (Å²) in [5.74, 6) is -0.291. The molecular weight excluding hydrogens is 326 g/mol. The average Bonchev–Trinajstić information content (AvgIpc) is 2.83. The van der Waals surface area contributed by atoms with Gasteiger partial charge in [-0.15, -0.1) is 11.3 Å². The van der Waals surface area contributed by atoms with E-state index >= 15 is 0 Å². The van der Waals surface area contributed by atoms with Crippen LogP contribution in [-0.2, 0) is 4.79 Å². The third-order valence-corrected chi connectivity index (χ3v) is 4.30. The van der Waals surface area contributed by atoms with E-state index in [0.717, 1.165) is 9.75 Å². The van der Waals surface area contributed by atoms with Crippen LogP contribution in [0.4, 0.5) is 16.2 Å². The zero-order valence-electron chi connectivity index (χ0n) is 13.5. The van der Waals surface area contributed by atoms with Gasteiger partial charge in [0.25, 0.3) is 0 Å². The van der Waals surface area contributed by atoms with Crippen LogP contribution in [0.2, 0.25) is 0 Å². The lowest BCUT2D eigenvalue weighted by Gasteiger charge is -2.07. The van der Waals surface area contributed by atoms with Gasteiger partial charge in [0, 0.05) is 39.5 Å². The maximum absolute atomic E-state index is 12.2. The van der Waals surface area contributed by atoms with Crippen LogP contribution < -0.4 is 16.4 Å². The number of thiophene rings is 1. The molecule has 0 aliphatic carbocycles. The molecule has 4 N–H and O–H groups in total. The molecule has 0 unspecified atom stereocenters. The van der Waals surface area contributed by atoms with Crippen LogP contribution in [0.5, 0.6) is 0 Å². The number of carbonyl (C=O) groups excluding carboxylic acids is 3. The molecule has 2 rings (SSSR count). The molecule has 0 saturated carbocycles. The molecule has 0 radical (unpaired) electrons. The predicted octanol–water partition coefficient (Wildman–Crippen LogP) is 3.46. The van der Waals surface area contributed by atoms with E-state index in [2.05, 4.69) is 10.6 Å². The molecule has 1 aromatic carbocycles. The number of hydrogen-bond acceptors (Lipinski definition) is 4. The maximum Gasteiger partial charge on any atom is 0.316 e. The second kappa shape index (κ2) is 7.74. The fourth-order valence-electron chi connectivity index (χ4n) is 2.31. The Bertz CT molecular complexity index is 783. The van der Waals surface area contributed by atoms with E-state index in [4.69, 9.17) is 5.73 Å². The molecule has 1 aromatic heterocycles. The first kappa shape index (κ1) is 17.7. The van der Waals surface area contributed by atoms with Crippen LogP contribution in [-0.4, -0.2) is 17.7 Å². The SMILES string of the molecule is Cc1cc(C(=O)CCC(=O)Nc2cccc(NC(N)=O)c2)c(C)s1. The topological polar surface area (TPSA) is 101 Å². The maximum atomic E-state index is 12.2. The lowest BCUT2D eigenvalue weighted by atomic mass is 10.1. The summed E-state index contributed by atoms with van der Waals surface area (Å²) in [6.07, 6.45) is 0.253. The molecule has 7 heteroatoms. The van der Waals surface area contributed by atoms with Crippen LogP contribution in [0.15, 0.2) is 30.3 Å². The number of anilines is 2. The number of carbonyl (C=O) groups is 3. The summed E-state index contributed by atoms with van der Waals surface area (Å²) in [7, 11) is 0. The number of ketones is 1. The third kappa shape index (κ3) is 4.92.